The molecule has 4 heteroatoms. The molecule has 0 spiro atoms. The molecule has 3 nitrogen and oxygen atoms in total. The highest BCUT2D eigenvalue weighted by atomic mass is 32.2. The summed E-state index contributed by atoms with van der Waals surface area (Å²) in [6.45, 7) is 4.15. The lowest BCUT2D eigenvalue weighted by atomic mass is 10.2. The zero-order valence-electron chi connectivity index (χ0n) is 9.35. The summed E-state index contributed by atoms with van der Waals surface area (Å²) >= 11 is 1.50. The predicted molar refractivity (Wildman–Crippen MR) is 71.0 cm³/mol. The van der Waals surface area contributed by atoms with E-state index in [1.165, 1.54) is 11.8 Å². The van der Waals surface area contributed by atoms with Crippen molar-refractivity contribution < 1.29 is 4.74 Å². The second-order valence-electron chi connectivity index (χ2n) is 3.07. The van der Waals surface area contributed by atoms with Gasteiger partial charge in [-0.1, -0.05) is 36.0 Å². The number of hydrogen-bond acceptors (Lipinski definition) is 3. The number of hydrogen-bond donors (Lipinski definition) is 1. The second kappa shape index (κ2) is 6.95. The quantitative estimate of drug-likeness (QED) is 0.485. The zero-order valence-corrected chi connectivity index (χ0v) is 10.2. The molecular formula is C12H16N2OS. The number of ether oxygens (including phenoxy) is 1. The van der Waals surface area contributed by atoms with Crippen molar-refractivity contribution in [1.29, 1.82) is 0 Å². The minimum atomic E-state index is 0.560. The Bertz CT molecular complexity index is 377. The predicted octanol–water partition coefficient (Wildman–Crippen LogP) is 2.43. The number of aliphatic imine (C=N–C) groups is 1. The number of para-hydroxylation sites is 1. The normalized spacial score (nSPS) is 11.2. The molecule has 1 rings (SSSR count). The van der Waals surface area contributed by atoms with Crippen LogP contribution in [0, 0.1) is 0 Å². The van der Waals surface area contributed by atoms with Gasteiger partial charge in [-0.2, -0.15) is 0 Å². The first-order valence-electron chi connectivity index (χ1n) is 4.93. The van der Waals surface area contributed by atoms with Gasteiger partial charge in [-0.25, -0.2) is 0 Å². The van der Waals surface area contributed by atoms with Gasteiger partial charge >= 0.3 is 0 Å². The molecule has 0 atom stereocenters. The fourth-order valence-corrected chi connectivity index (χ4v) is 1.88. The number of thioether (sulfide) groups is 1. The number of nitrogens with two attached hydrogens (primary N) is 1. The minimum Gasteiger partial charge on any atom is -0.496 e. The van der Waals surface area contributed by atoms with Crippen molar-refractivity contribution in [3.63, 3.8) is 0 Å². The summed E-state index contributed by atoms with van der Waals surface area (Å²) < 4.78 is 5.25. The molecule has 0 amide bonds. The van der Waals surface area contributed by atoms with Gasteiger partial charge < -0.3 is 10.5 Å². The molecule has 1 aromatic carbocycles. The van der Waals surface area contributed by atoms with Crippen LogP contribution in [-0.2, 0) is 5.75 Å². The molecule has 86 valence electrons. The van der Waals surface area contributed by atoms with Crippen molar-refractivity contribution in [2.75, 3.05) is 13.7 Å². The average molecular weight is 236 g/mol. The summed E-state index contributed by atoms with van der Waals surface area (Å²) in [5, 5.41) is 0.575. The molecule has 0 fully saturated rings. The standard InChI is InChI=1S/C12H16N2OS/c1-3-8-14-12(13)16-9-10-6-4-5-7-11(10)15-2/h3-7H,1,8-9H2,2H3,(H2,13,14). The fourth-order valence-electron chi connectivity index (χ4n) is 1.17. The molecule has 0 unspecified atom stereocenters. The lowest BCUT2D eigenvalue weighted by Gasteiger charge is -2.07. The van der Waals surface area contributed by atoms with Crippen LogP contribution >= 0.6 is 11.8 Å². The molecule has 0 heterocycles. The summed E-state index contributed by atoms with van der Waals surface area (Å²) in [7, 11) is 1.67. The van der Waals surface area contributed by atoms with E-state index in [1.54, 1.807) is 13.2 Å². The molecule has 0 saturated carbocycles. The van der Waals surface area contributed by atoms with E-state index in [-0.39, 0.29) is 0 Å². The second-order valence-corrected chi connectivity index (χ2v) is 4.06. The topological polar surface area (TPSA) is 47.6 Å². The number of nitrogens with zero attached hydrogens (tertiary/aromatic N) is 1. The molecule has 2 N–H and O–H groups in total. The number of methoxy groups -OCH3 is 1. The van der Waals surface area contributed by atoms with Crippen LogP contribution in [0.1, 0.15) is 5.56 Å². The van der Waals surface area contributed by atoms with Gasteiger partial charge in [-0.05, 0) is 6.07 Å². The van der Waals surface area contributed by atoms with Crippen molar-refractivity contribution in [2.24, 2.45) is 10.7 Å². The Morgan fingerprint density at radius 3 is 3.00 bits per heavy atom. The monoisotopic (exact) mass is 236 g/mol. The van der Waals surface area contributed by atoms with Crippen molar-refractivity contribution in [1.82, 2.24) is 0 Å². The molecule has 0 bridgehead atoms. The van der Waals surface area contributed by atoms with Crippen LogP contribution < -0.4 is 10.5 Å². The van der Waals surface area contributed by atoms with Crippen LogP contribution in [0.3, 0.4) is 0 Å². The van der Waals surface area contributed by atoms with Crippen LogP contribution in [0.2, 0.25) is 0 Å². The van der Waals surface area contributed by atoms with Gasteiger partial charge in [0.15, 0.2) is 5.17 Å². The van der Waals surface area contributed by atoms with Gasteiger partial charge in [0.2, 0.25) is 0 Å². The summed E-state index contributed by atoms with van der Waals surface area (Å²) in [5.74, 6) is 1.64. The molecule has 1 aromatic rings. The molecule has 0 radical (unpaired) electrons. The zero-order chi connectivity index (χ0) is 11.8. The Kier molecular flexibility index (Phi) is 5.50. The largest absolute Gasteiger partial charge is 0.496 e. The molecule has 0 aromatic heterocycles. The van der Waals surface area contributed by atoms with Crippen LogP contribution in [0.5, 0.6) is 5.75 Å². The van der Waals surface area contributed by atoms with Crippen LogP contribution in [-0.4, -0.2) is 18.8 Å². The number of amidine groups is 1. The lowest BCUT2D eigenvalue weighted by molar-refractivity contribution is 0.411. The highest BCUT2D eigenvalue weighted by molar-refractivity contribution is 8.13. The molecule has 0 aliphatic heterocycles. The van der Waals surface area contributed by atoms with Crippen LogP contribution in [0.25, 0.3) is 0 Å². The van der Waals surface area contributed by atoms with E-state index in [1.807, 2.05) is 24.3 Å². The van der Waals surface area contributed by atoms with Crippen molar-refractivity contribution in [2.45, 2.75) is 5.75 Å². The number of rotatable bonds is 5. The maximum atomic E-state index is 5.72. The fraction of sp³-hybridized carbons (Fsp3) is 0.250. The Morgan fingerprint density at radius 2 is 2.31 bits per heavy atom. The Morgan fingerprint density at radius 1 is 1.56 bits per heavy atom. The third kappa shape index (κ3) is 3.98. The first-order valence-corrected chi connectivity index (χ1v) is 5.92. The number of benzene rings is 1. The molecule has 16 heavy (non-hydrogen) atoms. The Balaban J connectivity index is 2.57. The van der Waals surface area contributed by atoms with E-state index in [0.717, 1.165) is 17.1 Å². The van der Waals surface area contributed by atoms with Gasteiger partial charge in [-0.3, -0.25) is 4.99 Å². The lowest BCUT2D eigenvalue weighted by Crippen LogP contribution is -2.07. The highest BCUT2D eigenvalue weighted by Crippen LogP contribution is 2.22. The smallest absolute Gasteiger partial charge is 0.154 e. The van der Waals surface area contributed by atoms with Crippen LogP contribution in [0.4, 0.5) is 0 Å². The average Bonchev–Trinajstić information content (AvgIpc) is 2.34. The van der Waals surface area contributed by atoms with Crippen molar-refractivity contribution >= 4 is 16.9 Å². The van der Waals surface area contributed by atoms with Gasteiger partial charge in [0.1, 0.15) is 5.75 Å². The van der Waals surface area contributed by atoms with E-state index in [2.05, 4.69) is 11.6 Å². The van der Waals surface area contributed by atoms with Crippen LogP contribution in [0.15, 0.2) is 41.9 Å². The van der Waals surface area contributed by atoms with Crippen molar-refractivity contribution in [3.05, 3.63) is 42.5 Å². The van der Waals surface area contributed by atoms with E-state index in [0.29, 0.717) is 11.7 Å². The Hall–Kier alpha value is -1.42. The first kappa shape index (κ1) is 12.6. The van der Waals surface area contributed by atoms with Gasteiger partial charge in [0, 0.05) is 11.3 Å². The van der Waals surface area contributed by atoms with Gasteiger partial charge in [-0.15, -0.1) is 6.58 Å². The van der Waals surface area contributed by atoms with E-state index >= 15 is 0 Å². The first-order chi connectivity index (χ1) is 7.77. The third-order valence-electron chi connectivity index (χ3n) is 1.94. The highest BCUT2D eigenvalue weighted by Gasteiger charge is 2.02. The molecular weight excluding hydrogens is 220 g/mol. The maximum absolute atomic E-state index is 5.72. The minimum absolute atomic E-state index is 0.560. The van der Waals surface area contributed by atoms with E-state index in [9.17, 15) is 0 Å². The molecule has 0 aliphatic carbocycles. The van der Waals surface area contributed by atoms with Crippen molar-refractivity contribution in [3.8, 4) is 5.75 Å². The summed E-state index contributed by atoms with van der Waals surface area (Å²) in [6, 6.07) is 7.89. The van der Waals surface area contributed by atoms with Gasteiger partial charge in [0.05, 0.1) is 13.7 Å². The van der Waals surface area contributed by atoms with Gasteiger partial charge in [0.25, 0.3) is 0 Å². The maximum Gasteiger partial charge on any atom is 0.154 e. The summed E-state index contributed by atoms with van der Waals surface area (Å²) in [6.07, 6.45) is 1.72. The Labute approximate surface area is 100 Å². The van der Waals surface area contributed by atoms with E-state index < -0.39 is 0 Å². The summed E-state index contributed by atoms with van der Waals surface area (Å²) in [4.78, 5) is 4.11. The molecule has 0 aliphatic rings. The third-order valence-corrected chi connectivity index (χ3v) is 2.82. The summed E-state index contributed by atoms with van der Waals surface area (Å²) in [5.41, 5.74) is 6.84. The SMILES string of the molecule is C=CCN=C(N)SCc1ccccc1OC. The van der Waals surface area contributed by atoms with E-state index in [4.69, 9.17) is 10.5 Å². The molecule has 0 saturated heterocycles.